The molecule has 5 nitrogen and oxygen atoms in total. The van der Waals surface area contributed by atoms with Gasteiger partial charge in [-0.1, -0.05) is 22.8 Å². The van der Waals surface area contributed by atoms with Crippen LogP contribution < -0.4 is 15.4 Å². The second-order valence-corrected chi connectivity index (χ2v) is 6.98. The maximum absolute atomic E-state index is 6.47. The fourth-order valence-corrected chi connectivity index (χ4v) is 3.65. The molecule has 0 saturated carbocycles. The number of halogens is 2. The molecular formula is C21H23Cl2N3O2. The Morgan fingerprint density at radius 3 is 2.71 bits per heavy atom. The third kappa shape index (κ3) is 4.43. The van der Waals surface area contributed by atoms with Crippen molar-refractivity contribution in [2.24, 2.45) is 0 Å². The van der Waals surface area contributed by atoms with Gasteiger partial charge in [-0.2, -0.15) is 0 Å². The molecule has 2 heterocycles. The van der Waals surface area contributed by atoms with Crippen molar-refractivity contribution in [2.45, 2.75) is 19.4 Å². The summed E-state index contributed by atoms with van der Waals surface area (Å²) < 4.78 is 10.7. The first-order chi connectivity index (χ1) is 13.2. The molecule has 0 atom stereocenters. The SMILES string of the molecule is COc1ccc(-c2cc(CNc3c(Cl)ccc4c3CCNCC4)on2)cc1.Cl. The molecule has 0 aliphatic carbocycles. The van der Waals surface area contributed by atoms with E-state index in [2.05, 4.69) is 21.9 Å². The van der Waals surface area contributed by atoms with E-state index in [4.69, 9.17) is 20.9 Å². The van der Waals surface area contributed by atoms with Crippen LogP contribution in [-0.4, -0.2) is 25.4 Å². The average molecular weight is 420 g/mol. The normalized spacial score (nSPS) is 13.2. The fourth-order valence-electron chi connectivity index (χ4n) is 3.40. The summed E-state index contributed by atoms with van der Waals surface area (Å²) in [6.07, 6.45) is 1.98. The van der Waals surface area contributed by atoms with Crippen LogP contribution in [0.5, 0.6) is 5.75 Å². The predicted octanol–water partition coefficient (Wildman–Crippen LogP) is 4.73. The summed E-state index contributed by atoms with van der Waals surface area (Å²) in [6, 6.07) is 13.8. The number of ether oxygens (including phenoxy) is 1. The lowest BCUT2D eigenvalue weighted by Gasteiger charge is -2.15. The minimum absolute atomic E-state index is 0. The number of anilines is 1. The van der Waals surface area contributed by atoms with Crippen LogP contribution >= 0.6 is 24.0 Å². The van der Waals surface area contributed by atoms with Crippen LogP contribution in [0.15, 0.2) is 47.0 Å². The van der Waals surface area contributed by atoms with Crippen LogP contribution in [-0.2, 0) is 19.4 Å². The number of fused-ring (bicyclic) bond motifs is 1. The molecule has 1 aromatic heterocycles. The first-order valence-electron chi connectivity index (χ1n) is 9.09. The Morgan fingerprint density at radius 2 is 1.93 bits per heavy atom. The molecular weight excluding hydrogens is 397 g/mol. The van der Waals surface area contributed by atoms with E-state index in [0.29, 0.717) is 6.54 Å². The van der Waals surface area contributed by atoms with Gasteiger partial charge in [0.25, 0.3) is 0 Å². The lowest BCUT2D eigenvalue weighted by molar-refractivity contribution is 0.390. The summed E-state index contributed by atoms with van der Waals surface area (Å²) >= 11 is 6.47. The fraction of sp³-hybridized carbons (Fsp3) is 0.286. The van der Waals surface area contributed by atoms with Gasteiger partial charge in [0.05, 0.1) is 24.4 Å². The van der Waals surface area contributed by atoms with E-state index in [1.165, 1.54) is 11.1 Å². The quantitative estimate of drug-likeness (QED) is 0.625. The van der Waals surface area contributed by atoms with Gasteiger partial charge in [0.2, 0.25) is 0 Å². The van der Waals surface area contributed by atoms with Gasteiger partial charge >= 0.3 is 0 Å². The molecule has 3 aromatic rings. The Balaban J connectivity index is 0.00000225. The highest BCUT2D eigenvalue weighted by Crippen LogP contribution is 2.31. The number of rotatable bonds is 5. The number of nitrogens with zero attached hydrogens (tertiary/aromatic N) is 1. The van der Waals surface area contributed by atoms with Crippen molar-refractivity contribution in [3.05, 3.63) is 64.4 Å². The molecule has 4 rings (SSSR count). The maximum Gasteiger partial charge on any atom is 0.156 e. The van der Waals surface area contributed by atoms with Crippen molar-refractivity contribution < 1.29 is 9.26 Å². The van der Waals surface area contributed by atoms with Gasteiger partial charge in [-0.15, -0.1) is 12.4 Å². The molecule has 1 aliphatic heterocycles. The molecule has 0 spiro atoms. The van der Waals surface area contributed by atoms with Gasteiger partial charge in [-0.05, 0) is 67.4 Å². The highest BCUT2D eigenvalue weighted by Gasteiger charge is 2.15. The monoisotopic (exact) mass is 419 g/mol. The molecule has 2 aromatic carbocycles. The zero-order chi connectivity index (χ0) is 18.6. The van der Waals surface area contributed by atoms with E-state index in [-0.39, 0.29) is 12.4 Å². The first-order valence-corrected chi connectivity index (χ1v) is 9.47. The third-order valence-electron chi connectivity index (χ3n) is 4.87. The van der Waals surface area contributed by atoms with Gasteiger partial charge in [-0.25, -0.2) is 0 Å². The number of benzene rings is 2. The number of nitrogens with one attached hydrogen (secondary N) is 2. The topological polar surface area (TPSA) is 59.3 Å². The zero-order valence-electron chi connectivity index (χ0n) is 15.6. The lowest BCUT2D eigenvalue weighted by Crippen LogP contribution is -2.16. The molecule has 0 unspecified atom stereocenters. The van der Waals surface area contributed by atoms with E-state index >= 15 is 0 Å². The van der Waals surface area contributed by atoms with Crippen LogP contribution in [0.2, 0.25) is 5.02 Å². The standard InChI is InChI=1S/C21H22ClN3O2.ClH/c1-26-16-5-2-15(3-6-16)20-12-17(27-25-20)13-24-21-18-9-11-23-10-8-14(18)4-7-19(21)22;/h2-7,12,23-24H,8-11,13H2,1H3;1H. The molecule has 0 fully saturated rings. The number of hydrogen-bond acceptors (Lipinski definition) is 5. The highest BCUT2D eigenvalue weighted by molar-refractivity contribution is 6.33. The van der Waals surface area contributed by atoms with Crippen molar-refractivity contribution in [1.82, 2.24) is 10.5 Å². The number of methoxy groups -OCH3 is 1. The molecule has 2 N–H and O–H groups in total. The molecule has 148 valence electrons. The Labute approximate surface area is 175 Å². The van der Waals surface area contributed by atoms with Crippen molar-refractivity contribution in [2.75, 3.05) is 25.5 Å². The molecule has 0 bridgehead atoms. The van der Waals surface area contributed by atoms with Crippen LogP contribution in [0.25, 0.3) is 11.3 Å². The van der Waals surface area contributed by atoms with Gasteiger partial charge in [0.15, 0.2) is 5.76 Å². The minimum atomic E-state index is 0. The van der Waals surface area contributed by atoms with Crippen LogP contribution in [0, 0.1) is 0 Å². The zero-order valence-corrected chi connectivity index (χ0v) is 17.2. The first kappa shape index (κ1) is 20.5. The van der Waals surface area contributed by atoms with E-state index in [0.717, 1.165) is 59.4 Å². The average Bonchev–Trinajstić information content (AvgIpc) is 3.04. The molecule has 0 amide bonds. The van der Waals surface area contributed by atoms with Crippen molar-refractivity contribution in [1.29, 1.82) is 0 Å². The second kappa shape index (κ2) is 9.32. The van der Waals surface area contributed by atoms with E-state index < -0.39 is 0 Å². The number of hydrogen-bond donors (Lipinski definition) is 2. The highest BCUT2D eigenvalue weighted by atomic mass is 35.5. The molecule has 1 aliphatic rings. The summed E-state index contributed by atoms with van der Waals surface area (Å²) in [5.74, 6) is 1.58. The lowest BCUT2D eigenvalue weighted by atomic mass is 10.0. The summed E-state index contributed by atoms with van der Waals surface area (Å²) in [6.45, 7) is 2.50. The van der Waals surface area contributed by atoms with E-state index in [9.17, 15) is 0 Å². The largest absolute Gasteiger partial charge is 0.497 e. The van der Waals surface area contributed by atoms with Gasteiger partial charge in [-0.3, -0.25) is 0 Å². The van der Waals surface area contributed by atoms with Crippen LogP contribution in [0.3, 0.4) is 0 Å². The summed E-state index contributed by atoms with van der Waals surface area (Å²) in [4.78, 5) is 0. The van der Waals surface area contributed by atoms with Crippen LogP contribution in [0.1, 0.15) is 16.9 Å². The van der Waals surface area contributed by atoms with Gasteiger partial charge in [0, 0.05) is 11.6 Å². The molecule has 0 saturated heterocycles. The smallest absolute Gasteiger partial charge is 0.156 e. The predicted molar refractivity (Wildman–Crippen MR) is 115 cm³/mol. The maximum atomic E-state index is 6.47. The molecule has 7 heteroatoms. The van der Waals surface area contributed by atoms with Crippen molar-refractivity contribution in [3.63, 3.8) is 0 Å². The number of aromatic nitrogens is 1. The van der Waals surface area contributed by atoms with Crippen LogP contribution in [0.4, 0.5) is 5.69 Å². The Bertz CT molecular complexity index is 926. The second-order valence-electron chi connectivity index (χ2n) is 6.57. The van der Waals surface area contributed by atoms with Crippen molar-refractivity contribution >= 4 is 29.7 Å². The summed E-state index contributed by atoms with van der Waals surface area (Å²) in [5, 5.41) is 11.8. The minimum Gasteiger partial charge on any atom is -0.497 e. The third-order valence-corrected chi connectivity index (χ3v) is 5.18. The summed E-state index contributed by atoms with van der Waals surface area (Å²) in [5.41, 5.74) is 5.44. The Hall–Kier alpha value is -2.21. The Kier molecular flexibility index (Phi) is 6.83. The van der Waals surface area contributed by atoms with E-state index in [1.807, 2.05) is 36.4 Å². The molecule has 28 heavy (non-hydrogen) atoms. The van der Waals surface area contributed by atoms with E-state index in [1.54, 1.807) is 7.11 Å². The Morgan fingerprint density at radius 1 is 1.14 bits per heavy atom. The van der Waals surface area contributed by atoms with Gasteiger partial charge in [0.1, 0.15) is 11.4 Å². The van der Waals surface area contributed by atoms with Gasteiger partial charge < -0.3 is 19.9 Å². The van der Waals surface area contributed by atoms with Crippen molar-refractivity contribution in [3.8, 4) is 17.0 Å². The summed E-state index contributed by atoms with van der Waals surface area (Å²) in [7, 11) is 1.65. The molecule has 0 radical (unpaired) electrons.